The molecule has 26 heavy (non-hydrogen) atoms. The maximum Gasteiger partial charge on any atom is 0.282 e. The van der Waals surface area contributed by atoms with Gasteiger partial charge in [0.1, 0.15) is 16.4 Å². The zero-order valence-corrected chi connectivity index (χ0v) is 14.0. The highest BCUT2D eigenvalue weighted by molar-refractivity contribution is 6.33. The molecule has 132 valence electrons. The first-order chi connectivity index (χ1) is 12.4. The Morgan fingerprint density at radius 1 is 1.23 bits per heavy atom. The van der Waals surface area contributed by atoms with E-state index in [1.54, 1.807) is 12.1 Å². The normalized spacial score (nSPS) is 10.5. The molecule has 0 aliphatic carbocycles. The Morgan fingerprint density at radius 2 is 1.92 bits per heavy atom. The molecule has 0 spiro atoms. The maximum absolute atomic E-state index is 12.9. The van der Waals surface area contributed by atoms with Gasteiger partial charge in [0.15, 0.2) is 5.82 Å². The van der Waals surface area contributed by atoms with Crippen LogP contribution in [0.25, 0.3) is 0 Å². The largest absolute Gasteiger partial charge is 0.304 e. The van der Waals surface area contributed by atoms with Crippen molar-refractivity contribution in [3.63, 3.8) is 0 Å². The summed E-state index contributed by atoms with van der Waals surface area (Å²) in [6.45, 7) is 0.321. The first kappa shape index (κ1) is 17.6. The minimum atomic E-state index is -0.689. The van der Waals surface area contributed by atoms with E-state index in [4.69, 9.17) is 11.6 Å². The second-order valence-electron chi connectivity index (χ2n) is 5.38. The third-order valence-electron chi connectivity index (χ3n) is 3.55. The highest BCUT2D eigenvalue weighted by atomic mass is 35.5. The first-order valence-electron chi connectivity index (χ1n) is 7.46. The number of carbonyl (C=O) groups excluding carboxylic acids is 1. The molecule has 3 rings (SSSR count). The summed E-state index contributed by atoms with van der Waals surface area (Å²) in [7, 11) is 0. The number of amides is 1. The molecule has 0 fully saturated rings. The molecule has 0 aliphatic heterocycles. The van der Waals surface area contributed by atoms with Gasteiger partial charge < -0.3 is 5.32 Å². The van der Waals surface area contributed by atoms with Gasteiger partial charge in [0.25, 0.3) is 11.6 Å². The Kier molecular flexibility index (Phi) is 4.94. The summed E-state index contributed by atoms with van der Waals surface area (Å²) < 4.78 is 14.4. The third-order valence-corrected chi connectivity index (χ3v) is 3.83. The lowest BCUT2D eigenvalue weighted by molar-refractivity contribution is -0.385. The number of anilines is 1. The smallest absolute Gasteiger partial charge is 0.282 e. The van der Waals surface area contributed by atoms with Crippen molar-refractivity contribution in [3.05, 3.63) is 86.8 Å². The fraction of sp³-hybridized carbons (Fsp3) is 0.0588. The number of nitro groups is 1. The maximum atomic E-state index is 12.9. The van der Waals surface area contributed by atoms with Gasteiger partial charge in [0, 0.05) is 12.3 Å². The fourth-order valence-electron chi connectivity index (χ4n) is 2.34. The molecule has 1 heterocycles. The molecule has 9 heteroatoms. The number of rotatable bonds is 5. The van der Waals surface area contributed by atoms with Crippen LogP contribution in [0.3, 0.4) is 0 Å². The quantitative estimate of drug-likeness (QED) is 0.542. The molecule has 0 saturated carbocycles. The summed E-state index contributed by atoms with van der Waals surface area (Å²) in [5.74, 6) is -0.951. The van der Waals surface area contributed by atoms with Crippen LogP contribution in [-0.2, 0) is 6.54 Å². The SMILES string of the molecule is O=C(Nc1nn(Cc2ccc(F)cc2)cc1Cl)c1ccccc1[N+](=O)[O-]. The Hall–Kier alpha value is -3.26. The molecular formula is C17H12ClFN4O3. The molecule has 1 N–H and O–H groups in total. The lowest BCUT2D eigenvalue weighted by Crippen LogP contribution is -2.15. The fourth-order valence-corrected chi connectivity index (χ4v) is 2.54. The molecule has 7 nitrogen and oxygen atoms in total. The number of benzene rings is 2. The number of para-hydroxylation sites is 1. The number of carbonyl (C=O) groups is 1. The van der Waals surface area contributed by atoms with E-state index >= 15 is 0 Å². The van der Waals surface area contributed by atoms with Crippen molar-refractivity contribution < 1.29 is 14.1 Å². The van der Waals surface area contributed by atoms with Crippen LogP contribution in [0.15, 0.2) is 54.7 Å². The van der Waals surface area contributed by atoms with Crippen molar-refractivity contribution in [1.29, 1.82) is 0 Å². The second-order valence-corrected chi connectivity index (χ2v) is 5.79. The Labute approximate surface area is 152 Å². The zero-order valence-electron chi connectivity index (χ0n) is 13.2. The van der Waals surface area contributed by atoms with Gasteiger partial charge in [-0.15, -0.1) is 0 Å². The van der Waals surface area contributed by atoms with Gasteiger partial charge in [-0.2, -0.15) is 5.10 Å². The van der Waals surface area contributed by atoms with Crippen LogP contribution in [0, 0.1) is 15.9 Å². The Balaban J connectivity index is 1.78. The molecule has 3 aromatic rings. The van der Waals surface area contributed by atoms with Gasteiger partial charge in [-0.3, -0.25) is 19.6 Å². The molecule has 2 aromatic carbocycles. The van der Waals surface area contributed by atoms with Crippen LogP contribution in [0.4, 0.5) is 15.9 Å². The monoisotopic (exact) mass is 374 g/mol. The van der Waals surface area contributed by atoms with Crippen LogP contribution >= 0.6 is 11.6 Å². The summed E-state index contributed by atoms with van der Waals surface area (Å²) in [5, 5.41) is 17.8. The van der Waals surface area contributed by atoms with E-state index in [1.807, 2.05) is 0 Å². The highest BCUT2D eigenvalue weighted by Crippen LogP contribution is 2.23. The summed E-state index contributed by atoms with van der Waals surface area (Å²) in [6.07, 6.45) is 1.50. The van der Waals surface area contributed by atoms with E-state index in [0.29, 0.717) is 6.54 Å². The summed E-state index contributed by atoms with van der Waals surface area (Å²) in [4.78, 5) is 22.7. The average Bonchev–Trinajstić information content (AvgIpc) is 2.96. The van der Waals surface area contributed by atoms with E-state index in [0.717, 1.165) is 5.56 Å². The van der Waals surface area contributed by atoms with Crippen molar-refractivity contribution in [2.75, 3.05) is 5.32 Å². The lowest BCUT2D eigenvalue weighted by atomic mass is 10.1. The minimum Gasteiger partial charge on any atom is -0.304 e. The van der Waals surface area contributed by atoms with E-state index in [9.17, 15) is 19.3 Å². The average molecular weight is 375 g/mol. The molecule has 0 bridgehead atoms. The molecule has 0 radical (unpaired) electrons. The number of halogens is 2. The minimum absolute atomic E-state index is 0.0805. The molecule has 0 unspecified atom stereocenters. The second kappa shape index (κ2) is 7.32. The van der Waals surface area contributed by atoms with Gasteiger partial charge in [0.2, 0.25) is 0 Å². The van der Waals surface area contributed by atoms with Crippen LogP contribution < -0.4 is 5.32 Å². The Bertz CT molecular complexity index is 972. The van der Waals surface area contributed by atoms with Gasteiger partial charge in [-0.05, 0) is 23.8 Å². The van der Waals surface area contributed by atoms with Crippen molar-refractivity contribution in [3.8, 4) is 0 Å². The predicted molar refractivity (Wildman–Crippen MR) is 93.8 cm³/mol. The standard InChI is InChI=1S/C17H12ClFN4O3/c18-14-10-22(9-11-5-7-12(19)8-6-11)21-16(14)20-17(24)13-3-1-2-4-15(13)23(25)26/h1-8,10H,9H2,(H,20,21,24). The molecule has 1 amide bonds. The summed E-state index contributed by atoms with van der Waals surface area (Å²) in [5.41, 5.74) is 0.385. The lowest BCUT2D eigenvalue weighted by Gasteiger charge is -2.04. The number of hydrogen-bond donors (Lipinski definition) is 1. The number of nitrogens with one attached hydrogen (secondary N) is 1. The topological polar surface area (TPSA) is 90.1 Å². The number of nitrogens with zero attached hydrogens (tertiary/aromatic N) is 3. The van der Waals surface area contributed by atoms with Crippen molar-refractivity contribution in [2.24, 2.45) is 0 Å². The molecule has 0 saturated heterocycles. The zero-order chi connectivity index (χ0) is 18.7. The third kappa shape index (κ3) is 3.86. The number of nitro benzene ring substituents is 1. The number of hydrogen-bond acceptors (Lipinski definition) is 4. The van der Waals surface area contributed by atoms with E-state index in [1.165, 1.54) is 47.3 Å². The molecule has 1 aromatic heterocycles. The van der Waals surface area contributed by atoms with Crippen molar-refractivity contribution in [2.45, 2.75) is 6.54 Å². The van der Waals surface area contributed by atoms with E-state index < -0.39 is 10.8 Å². The van der Waals surface area contributed by atoms with Crippen LogP contribution in [-0.4, -0.2) is 20.6 Å². The van der Waals surface area contributed by atoms with Crippen molar-refractivity contribution in [1.82, 2.24) is 9.78 Å². The molecular weight excluding hydrogens is 363 g/mol. The van der Waals surface area contributed by atoms with Crippen molar-refractivity contribution >= 4 is 29.0 Å². The Morgan fingerprint density at radius 3 is 2.62 bits per heavy atom. The van der Waals surface area contributed by atoms with Crippen LogP contribution in [0.2, 0.25) is 5.02 Å². The molecule has 0 atom stereocenters. The summed E-state index contributed by atoms with van der Waals surface area (Å²) in [6, 6.07) is 11.5. The number of aromatic nitrogens is 2. The van der Waals surface area contributed by atoms with Gasteiger partial charge in [-0.25, -0.2) is 4.39 Å². The predicted octanol–water partition coefficient (Wildman–Crippen LogP) is 3.88. The first-order valence-corrected chi connectivity index (χ1v) is 7.84. The highest BCUT2D eigenvalue weighted by Gasteiger charge is 2.21. The van der Waals surface area contributed by atoms with E-state index in [2.05, 4.69) is 10.4 Å². The molecule has 0 aliphatic rings. The summed E-state index contributed by atoms with van der Waals surface area (Å²) >= 11 is 6.08. The van der Waals surface area contributed by atoms with Gasteiger partial charge >= 0.3 is 0 Å². The van der Waals surface area contributed by atoms with Crippen LogP contribution in [0.1, 0.15) is 15.9 Å². The van der Waals surface area contributed by atoms with Gasteiger partial charge in [0.05, 0.1) is 11.5 Å². The van der Waals surface area contributed by atoms with Gasteiger partial charge in [-0.1, -0.05) is 35.9 Å². The van der Waals surface area contributed by atoms with Crippen LogP contribution in [0.5, 0.6) is 0 Å². The van der Waals surface area contributed by atoms with E-state index in [-0.39, 0.29) is 27.9 Å².